The minimum absolute atomic E-state index is 0.184. The normalized spacial score (nSPS) is 11.9. The molecular weight excluding hydrogens is 348 g/mol. The molecule has 0 fully saturated rings. The number of aryl methyl sites for hydroxylation is 1. The van der Waals surface area contributed by atoms with E-state index in [1.165, 1.54) is 7.05 Å². The molecule has 0 aliphatic heterocycles. The molecule has 2 rings (SSSR count). The van der Waals surface area contributed by atoms with Crippen LogP contribution < -0.4 is 5.32 Å². The van der Waals surface area contributed by atoms with Crippen LogP contribution in [0.25, 0.3) is 11.1 Å². The van der Waals surface area contributed by atoms with Crippen LogP contribution in [0.1, 0.15) is 11.4 Å². The largest absolute Gasteiger partial charge is 0.353 e. The molecule has 0 atom stereocenters. The predicted molar refractivity (Wildman–Crippen MR) is 95.5 cm³/mol. The highest BCUT2D eigenvalue weighted by Gasteiger charge is 2.16. The van der Waals surface area contributed by atoms with Crippen molar-refractivity contribution in [3.63, 3.8) is 0 Å². The molecule has 9 heteroatoms. The maximum absolute atomic E-state index is 11.8. The maximum atomic E-state index is 11.8. The fraction of sp³-hybridized carbons (Fsp3) is 0.467. The summed E-state index contributed by atoms with van der Waals surface area (Å²) in [5.74, 6) is -0.331. The van der Waals surface area contributed by atoms with E-state index in [0.29, 0.717) is 13.1 Å². The molecule has 0 aromatic carbocycles. The molecular formula is C15H22N4O3S2. The van der Waals surface area contributed by atoms with Crippen LogP contribution in [-0.2, 0) is 21.4 Å². The summed E-state index contributed by atoms with van der Waals surface area (Å²) in [5.41, 5.74) is 4.28. The van der Waals surface area contributed by atoms with E-state index in [2.05, 4.69) is 21.9 Å². The van der Waals surface area contributed by atoms with Crippen LogP contribution in [0.15, 0.2) is 16.8 Å². The highest BCUT2D eigenvalue weighted by molar-refractivity contribution is 7.88. The molecule has 1 amide bonds. The standard InChI is InChI=1S/C15H22N4O3S2/c1-11-15(13-5-8-23-10-13)12(2)19(17-11)7-6-16-14(20)9-18(3)24(4,21)22/h5,8,10H,6-7,9H2,1-4H3,(H,16,20). The number of nitrogens with zero attached hydrogens (tertiary/aromatic N) is 3. The van der Waals surface area contributed by atoms with E-state index in [0.717, 1.165) is 33.1 Å². The molecule has 0 aliphatic rings. The summed E-state index contributed by atoms with van der Waals surface area (Å²) < 4.78 is 25.5. The Morgan fingerprint density at radius 3 is 2.71 bits per heavy atom. The second-order valence-corrected chi connectivity index (χ2v) is 8.52. The number of aromatic nitrogens is 2. The molecule has 2 aromatic heterocycles. The van der Waals surface area contributed by atoms with Gasteiger partial charge in [-0.1, -0.05) is 0 Å². The molecule has 0 saturated heterocycles. The van der Waals surface area contributed by atoms with Crippen LogP contribution >= 0.6 is 11.3 Å². The topological polar surface area (TPSA) is 84.3 Å². The summed E-state index contributed by atoms with van der Waals surface area (Å²) >= 11 is 1.64. The number of carbonyl (C=O) groups excluding carboxylic acids is 1. The lowest BCUT2D eigenvalue weighted by atomic mass is 10.1. The lowest BCUT2D eigenvalue weighted by Crippen LogP contribution is -2.39. The Kier molecular flexibility index (Phi) is 5.79. The molecule has 2 aromatic rings. The van der Waals surface area contributed by atoms with E-state index < -0.39 is 10.0 Å². The summed E-state index contributed by atoms with van der Waals surface area (Å²) in [7, 11) is -1.98. The van der Waals surface area contributed by atoms with Crippen molar-refractivity contribution in [3.05, 3.63) is 28.2 Å². The van der Waals surface area contributed by atoms with Gasteiger partial charge < -0.3 is 5.32 Å². The van der Waals surface area contributed by atoms with Gasteiger partial charge in [0.1, 0.15) is 0 Å². The number of likely N-dealkylation sites (N-methyl/N-ethyl adjacent to an activating group) is 1. The second kappa shape index (κ2) is 7.45. The van der Waals surface area contributed by atoms with Crippen molar-refractivity contribution in [2.75, 3.05) is 26.4 Å². The van der Waals surface area contributed by atoms with Gasteiger partial charge in [-0.05, 0) is 36.2 Å². The zero-order chi connectivity index (χ0) is 17.9. The number of nitrogens with one attached hydrogen (secondary N) is 1. The molecule has 132 valence electrons. The molecule has 24 heavy (non-hydrogen) atoms. The third kappa shape index (κ3) is 4.43. The van der Waals surface area contributed by atoms with E-state index in [1.54, 1.807) is 11.3 Å². The monoisotopic (exact) mass is 370 g/mol. The third-order valence-corrected chi connectivity index (χ3v) is 5.71. The van der Waals surface area contributed by atoms with Crippen LogP contribution in [-0.4, -0.2) is 54.8 Å². The lowest BCUT2D eigenvalue weighted by Gasteiger charge is -2.13. The van der Waals surface area contributed by atoms with E-state index in [9.17, 15) is 13.2 Å². The predicted octanol–water partition coefficient (Wildman–Crippen LogP) is 1.24. The Bertz CT molecular complexity index is 810. The number of thiophene rings is 1. The minimum atomic E-state index is -3.35. The summed E-state index contributed by atoms with van der Waals surface area (Å²) in [5, 5.41) is 11.4. The molecule has 0 spiro atoms. The van der Waals surface area contributed by atoms with Crippen LogP contribution in [0.5, 0.6) is 0 Å². The van der Waals surface area contributed by atoms with Crippen molar-refractivity contribution in [1.29, 1.82) is 0 Å². The van der Waals surface area contributed by atoms with Gasteiger partial charge in [0.2, 0.25) is 15.9 Å². The smallest absolute Gasteiger partial charge is 0.235 e. The van der Waals surface area contributed by atoms with Crippen molar-refractivity contribution >= 4 is 27.3 Å². The first-order valence-corrected chi connectivity index (χ1v) is 10.2. The van der Waals surface area contributed by atoms with Crippen molar-refractivity contribution in [2.24, 2.45) is 0 Å². The summed E-state index contributed by atoms with van der Waals surface area (Å²) in [6, 6.07) is 2.06. The van der Waals surface area contributed by atoms with Crippen molar-refractivity contribution < 1.29 is 13.2 Å². The number of rotatable bonds is 7. The fourth-order valence-corrected chi connectivity index (χ4v) is 3.41. The number of hydrogen-bond acceptors (Lipinski definition) is 5. The van der Waals surface area contributed by atoms with Gasteiger partial charge in [0, 0.05) is 24.8 Å². The van der Waals surface area contributed by atoms with E-state index in [1.807, 2.05) is 23.9 Å². The quantitative estimate of drug-likeness (QED) is 0.795. The minimum Gasteiger partial charge on any atom is -0.353 e. The second-order valence-electron chi connectivity index (χ2n) is 5.65. The first-order chi connectivity index (χ1) is 11.2. The van der Waals surface area contributed by atoms with Crippen LogP contribution in [0.2, 0.25) is 0 Å². The summed E-state index contributed by atoms with van der Waals surface area (Å²) in [4.78, 5) is 11.8. The number of sulfonamides is 1. The lowest BCUT2D eigenvalue weighted by molar-refractivity contribution is -0.121. The van der Waals surface area contributed by atoms with Gasteiger partial charge in [0.25, 0.3) is 0 Å². The average Bonchev–Trinajstić information content (AvgIpc) is 3.07. The van der Waals surface area contributed by atoms with Gasteiger partial charge in [-0.2, -0.15) is 20.7 Å². The molecule has 0 unspecified atom stereocenters. The van der Waals surface area contributed by atoms with Gasteiger partial charge in [-0.15, -0.1) is 0 Å². The summed E-state index contributed by atoms with van der Waals surface area (Å²) in [6.45, 7) is 4.71. The molecule has 0 radical (unpaired) electrons. The fourth-order valence-electron chi connectivity index (χ4n) is 2.42. The highest BCUT2D eigenvalue weighted by Crippen LogP contribution is 2.28. The maximum Gasteiger partial charge on any atom is 0.235 e. The molecule has 7 nitrogen and oxygen atoms in total. The van der Waals surface area contributed by atoms with Crippen molar-refractivity contribution in [1.82, 2.24) is 19.4 Å². The number of hydrogen-bond donors (Lipinski definition) is 1. The van der Waals surface area contributed by atoms with Gasteiger partial charge in [0.05, 0.1) is 25.0 Å². The van der Waals surface area contributed by atoms with Gasteiger partial charge in [0.15, 0.2) is 0 Å². The highest BCUT2D eigenvalue weighted by atomic mass is 32.2. The first kappa shape index (κ1) is 18.6. The van der Waals surface area contributed by atoms with Crippen LogP contribution in [0.3, 0.4) is 0 Å². The molecule has 2 heterocycles. The van der Waals surface area contributed by atoms with Crippen LogP contribution in [0.4, 0.5) is 0 Å². The Labute approximate surface area is 146 Å². The SMILES string of the molecule is Cc1nn(CCNC(=O)CN(C)S(C)(=O)=O)c(C)c1-c1ccsc1. The third-order valence-electron chi connectivity index (χ3n) is 3.77. The Morgan fingerprint density at radius 2 is 2.12 bits per heavy atom. The van der Waals surface area contributed by atoms with Gasteiger partial charge in [-0.3, -0.25) is 9.48 Å². The van der Waals surface area contributed by atoms with Gasteiger partial charge in [-0.25, -0.2) is 8.42 Å². The number of carbonyl (C=O) groups is 1. The van der Waals surface area contributed by atoms with E-state index in [-0.39, 0.29) is 12.5 Å². The van der Waals surface area contributed by atoms with Gasteiger partial charge >= 0.3 is 0 Å². The Morgan fingerprint density at radius 1 is 1.42 bits per heavy atom. The molecule has 1 N–H and O–H groups in total. The average molecular weight is 371 g/mol. The Balaban J connectivity index is 1.94. The zero-order valence-electron chi connectivity index (χ0n) is 14.2. The van der Waals surface area contributed by atoms with Crippen molar-refractivity contribution in [3.8, 4) is 11.1 Å². The molecule has 0 bridgehead atoms. The van der Waals surface area contributed by atoms with Crippen LogP contribution in [0, 0.1) is 13.8 Å². The summed E-state index contributed by atoms with van der Waals surface area (Å²) in [6.07, 6.45) is 1.07. The molecule has 0 aliphatic carbocycles. The number of amides is 1. The van der Waals surface area contributed by atoms with E-state index in [4.69, 9.17) is 0 Å². The Hall–Kier alpha value is -1.71. The molecule has 0 saturated carbocycles. The van der Waals surface area contributed by atoms with E-state index >= 15 is 0 Å². The first-order valence-electron chi connectivity index (χ1n) is 7.44. The van der Waals surface area contributed by atoms with Crippen molar-refractivity contribution in [2.45, 2.75) is 20.4 Å². The zero-order valence-corrected chi connectivity index (χ0v) is 15.9.